The SMILES string of the molecule is CC(C)(CO)COC(=O)C(CO)(CO)CO. The second kappa shape index (κ2) is 6.15. The average molecular weight is 236 g/mol. The first kappa shape index (κ1) is 15.3. The molecule has 0 bridgehead atoms. The fraction of sp³-hybridized carbons (Fsp3) is 0.900. The molecule has 0 fully saturated rings. The third-order valence-electron chi connectivity index (χ3n) is 2.36. The summed E-state index contributed by atoms with van der Waals surface area (Å²) in [6.45, 7) is 1.08. The number of carbonyl (C=O) groups excluding carboxylic acids is 1. The van der Waals surface area contributed by atoms with E-state index in [0.717, 1.165) is 0 Å². The topological polar surface area (TPSA) is 107 Å². The first-order chi connectivity index (χ1) is 7.37. The molecule has 0 aromatic carbocycles. The summed E-state index contributed by atoms with van der Waals surface area (Å²) in [5.74, 6) is -0.874. The molecule has 0 radical (unpaired) electrons. The predicted molar refractivity (Wildman–Crippen MR) is 55.5 cm³/mol. The molecule has 0 spiro atoms. The van der Waals surface area contributed by atoms with Gasteiger partial charge in [-0.3, -0.25) is 4.79 Å². The third kappa shape index (κ3) is 3.71. The Labute approximate surface area is 94.5 Å². The molecule has 0 atom stereocenters. The minimum absolute atomic E-state index is 0.0515. The van der Waals surface area contributed by atoms with Crippen LogP contribution in [0.2, 0.25) is 0 Å². The lowest BCUT2D eigenvalue weighted by Crippen LogP contribution is -2.44. The van der Waals surface area contributed by atoms with E-state index in [1.54, 1.807) is 13.8 Å². The van der Waals surface area contributed by atoms with Gasteiger partial charge in [0.1, 0.15) is 5.41 Å². The van der Waals surface area contributed by atoms with Crippen LogP contribution in [0.3, 0.4) is 0 Å². The van der Waals surface area contributed by atoms with E-state index in [1.165, 1.54) is 0 Å². The third-order valence-corrected chi connectivity index (χ3v) is 2.36. The standard InChI is InChI=1S/C10H20O6/c1-9(2,3-11)7-16-8(15)10(4-12,5-13)6-14/h11-14H,3-7H2,1-2H3. The van der Waals surface area contributed by atoms with Gasteiger partial charge in [0.15, 0.2) is 0 Å². The van der Waals surface area contributed by atoms with Crippen LogP contribution in [-0.2, 0) is 9.53 Å². The highest BCUT2D eigenvalue weighted by Gasteiger charge is 2.39. The van der Waals surface area contributed by atoms with E-state index in [-0.39, 0.29) is 13.2 Å². The lowest BCUT2D eigenvalue weighted by Gasteiger charge is -2.28. The van der Waals surface area contributed by atoms with Crippen molar-refractivity contribution >= 4 is 5.97 Å². The molecule has 0 aromatic heterocycles. The van der Waals surface area contributed by atoms with Crippen LogP contribution in [0.4, 0.5) is 0 Å². The molecule has 0 aliphatic heterocycles. The maximum absolute atomic E-state index is 11.5. The highest BCUT2D eigenvalue weighted by molar-refractivity contribution is 5.77. The lowest BCUT2D eigenvalue weighted by molar-refractivity contribution is -0.168. The van der Waals surface area contributed by atoms with E-state index in [4.69, 9.17) is 25.2 Å². The number of esters is 1. The Morgan fingerprint density at radius 1 is 1.00 bits per heavy atom. The van der Waals surface area contributed by atoms with Gasteiger partial charge in [-0.25, -0.2) is 0 Å². The van der Waals surface area contributed by atoms with Crippen molar-refractivity contribution in [1.29, 1.82) is 0 Å². The number of aliphatic hydroxyl groups excluding tert-OH is 4. The summed E-state index contributed by atoms with van der Waals surface area (Å²) >= 11 is 0. The van der Waals surface area contributed by atoms with Crippen LogP contribution in [0, 0.1) is 10.8 Å². The molecule has 4 N–H and O–H groups in total. The number of rotatable bonds is 7. The Kier molecular flexibility index (Phi) is 5.88. The molecule has 0 amide bonds. The Morgan fingerprint density at radius 3 is 1.75 bits per heavy atom. The summed E-state index contributed by atoms with van der Waals surface area (Å²) in [7, 11) is 0. The number of aliphatic hydroxyl groups is 4. The summed E-state index contributed by atoms with van der Waals surface area (Å²) < 4.78 is 4.86. The maximum atomic E-state index is 11.5. The van der Waals surface area contributed by atoms with Crippen LogP contribution in [0.1, 0.15) is 13.8 Å². The van der Waals surface area contributed by atoms with Crippen LogP contribution in [0.25, 0.3) is 0 Å². The molecule has 6 nitrogen and oxygen atoms in total. The Hall–Kier alpha value is -0.690. The fourth-order valence-electron chi connectivity index (χ4n) is 0.803. The molecule has 96 valence electrons. The van der Waals surface area contributed by atoms with Gasteiger partial charge in [0, 0.05) is 5.41 Å². The van der Waals surface area contributed by atoms with E-state index in [9.17, 15) is 4.79 Å². The molecule has 0 rings (SSSR count). The van der Waals surface area contributed by atoms with Gasteiger partial charge in [-0.2, -0.15) is 0 Å². The molecule has 0 saturated carbocycles. The Bertz CT molecular complexity index is 213. The van der Waals surface area contributed by atoms with E-state index < -0.39 is 36.6 Å². The molecular formula is C10H20O6. The minimum Gasteiger partial charge on any atom is -0.464 e. The van der Waals surface area contributed by atoms with Crippen LogP contribution in [0.5, 0.6) is 0 Å². The largest absolute Gasteiger partial charge is 0.464 e. The molecule has 0 heterocycles. The highest BCUT2D eigenvalue weighted by atomic mass is 16.5. The van der Waals surface area contributed by atoms with Gasteiger partial charge in [0.25, 0.3) is 0 Å². The fourth-order valence-corrected chi connectivity index (χ4v) is 0.803. The molecule has 0 unspecified atom stereocenters. The number of carbonyl (C=O) groups is 1. The van der Waals surface area contributed by atoms with Crippen molar-refractivity contribution in [1.82, 2.24) is 0 Å². The summed E-state index contributed by atoms with van der Waals surface area (Å²) in [6.07, 6.45) is 0. The van der Waals surface area contributed by atoms with Crippen molar-refractivity contribution in [2.45, 2.75) is 13.8 Å². The van der Waals surface area contributed by atoms with E-state index >= 15 is 0 Å². The monoisotopic (exact) mass is 236 g/mol. The number of hydrogen-bond acceptors (Lipinski definition) is 6. The normalized spacial score (nSPS) is 12.6. The molecular weight excluding hydrogens is 216 g/mol. The maximum Gasteiger partial charge on any atom is 0.319 e. The summed E-state index contributed by atoms with van der Waals surface area (Å²) in [6, 6.07) is 0. The predicted octanol–water partition coefficient (Wildman–Crippen LogP) is -1.49. The van der Waals surface area contributed by atoms with Crippen LogP contribution >= 0.6 is 0 Å². The highest BCUT2D eigenvalue weighted by Crippen LogP contribution is 2.20. The van der Waals surface area contributed by atoms with Crippen LogP contribution in [-0.4, -0.2) is 59.4 Å². The van der Waals surface area contributed by atoms with Crippen molar-refractivity contribution in [2.75, 3.05) is 33.0 Å². The van der Waals surface area contributed by atoms with Crippen molar-refractivity contribution in [3.05, 3.63) is 0 Å². The van der Waals surface area contributed by atoms with E-state index in [1.807, 2.05) is 0 Å². The molecule has 0 aromatic rings. The Morgan fingerprint density at radius 2 is 1.44 bits per heavy atom. The zero-order chi connectivity index (χ0) is 12.8. The molecule has 0 saturated heterocycles. The van der Waals surface area contributed by atoms with Gasteiger partial charge >= 0.3 is 5.97 Å². The quantitative estimate of drug-likeness (QED) is 0.401. The van der Waals surface area contributed by atoms with Gasteiger partial charge in [0.2, 0.25) is 0 Å². The zero-order valence-corrected chi connectivity index (χ0v) is 9.64. The van der Waals surface area contributed by atoms with Gasteiger partial charge in [0.05, 0.1) is 33.0 Å². The second-order valence-corrected chi connectivity index (χ2v) is 4.65. The summed E-state index contributed by atoms with van der Waals surface area (Å²) in [5.41, 5.74) is -2.27. The van der Waals surface area contributed by atoms with Gasteiger partial charge in [-0.15, -0.1) is 0 Å². The molecule has 6 heteroatoms. The Balaban J connectivity index is 4.44. The number of ether oxygens (including phenoxy) is 1. The zero-order valence-electron chi connectivity index (χ0n) is 9.64. The summed E-state index contributed by atoms with van der Waals surface area (Å²) in [5, 5.41) is 35.8. The molecule has 0 aliphatic carbocycles. The van der Waals surface area contributed by atoms with Crippen molar-refractivity contribution < 1.29 is 30.0 Å². The molecule has 0 aliphatic rings. The van der Waals surface area contributed by atoms with E-state index in [2.05, 4.69) is 0 Å². The lowest BCUT2D eigenvalue weighted by atomic mass is 9.91. The summed E-state index contributed by atoms with van der Waals surface area (Å²) in [4.78, 5) is 11.5. The average Bonchev–Trinajstić information content (AvgIpc) is 2.29. The van der Waals surface area contributed by atoms with Gasteiger partial charge in [-0.1, -0.05) is 13.8 Å². The first-order valence-electron chi connectivity index (χ1n) is 4.98. The smallest absolute Gasteiger partial charge is 0.319 e. The van der Waals surface area contributed by atoms with E-state index in [0.29, 0.717) is 0 Å². The van der Waals surface area contributed by atoms with Crippen molar-refractivity contribution in [3.8, 4) is 0 Å². The van der Waals surface area contributed by atoms with Crippen LogP contribution < -0.4 is 0 Å². The first-order valence-corrected chi connectivity index (χ1v) is 4.98. The minimum atomic E-state index is -1.68. The van der Waals surface area contributed by atoms with Crippen molar-refractivity contribution in [3.63, 3.8) is 0 Å². The number of hydrogen-bond donors (Lipinski definition) is 4. The molecule has 16 heavy (non-hydrogen) atoms. The second-order valence-electron chi connectivity index (χ2n) is 4.65. The van der Waals surface area contributed by atoms with Gasteiger partial charge < -0.3 is 25.2 Å². The van der Waals surface area contributed by atoms with Crippen LogP contribution in [0.15, 0.2) is 0 Å². The van der Waals surface area contributed by atoms with Gasteiger partial charge in [-0.05, 0) is 0 Å². The van der Waals surface area contributed by atoms with Crippen molar-refractivity contribution in [2.24, 2.45) is 10.8 Å².